The van der Waals surface area contributed by atoms with Crippen LogP contribution in [-0.4, -0.2) is 52.3 Å². The van der Waals surface area contributed by atoms with Gasteiger partial charge < -0.3 is 18.7 Å². The highest BCUT2D eigenvalue weighted by Gasteiger charge is 2.61. The molecular weight excluding hydrogens is 625 g/mol. The Bertz CT molecular complexity index is 1090. The maximum absolute atomic E-state index is 10.7. The summed E-state index contributed by atoms with van der Waals surface area (Å²) in [4.78, 5) is 0. The van der Waals surface area contributed by atoms with E-state index in [0.717, 1.165) is 51.0 Å². The lowest BCUT2D eigenvalue weighted by atomic mass is 9.68. The van der Waals surface area contributed by atoms with Crippen molar-refractivity contribution in [3.63, 3.8) is 0 Å². The summed E-state index contributed by atoms with van der Waals surface area (Å²) in [6.45, 7) is 33.8. The molecule has 4 fully saturated rings. The molecule has 1 spiro atoms. The highest BCUT2D eigenvalue weighted by atomic mass is 28.4. The maximum Gasteiger partial charge on any atom is 0.192 e. The summed E-state index contributed by atoms with van der Waals surface area (Å²) < 4.78 is 21.2. The molecule has 4 saturated carbocycles. The second kappa shape index (κ2) is 15.0. The second-order valence-corrected chi connectivity index (χ2v) is 29.5. The SMILES string of the molecule is CCC(O)(CC)CCCOC(C)C1CCC2/C(=C/C=C3C[C@@H](O[Si](C)(C)C(C)(C)C)C4(CC4)[C@H](O[Si](C)(C)C(C)(C)C)C3)CCC(C)C21. The van der Waals surface area contributed by atoms with Crippen LogP contribution in [0.25, 0.3) is 0 Å². The van der Waals surface area contributed by atoms with Gasteiger partial charge in [0, 0.05) is 12.0 Å². The number of ether oxygens (including phenoxy) is 1. The van der Waals surface area contributed by atoms with E-state index in [0.29, 0.717) is 17.8 Å². The summed E-state index contributed by atoms with van der Waals surface area (Å²) >= 11 is 0. The van der Waals surface area contributed by atoms with Gasteiger partial charge in [0.2, 0.25) is 0 Å². The molecule has 4 rings (SSSR count). The first-order valence-corrected chi connectivity index (χ1v) is 26.0. The van der Waals surface area contributed by atoms with Crippen molar-refractivity contribution in [1.29, 1.82) is 0 Å². The summed E-state index contributed by atoms with van der Waals surface area (Å²) in [6, 6.07) is 0. The van der Waals surface area contributed by atoms with Crippen LogP contribution in [0.2, 0.25) is 36.3 Å². The van der Waals surface area contributed by atoms with Crippen LogP contribution >= 0.6 is 0 Å². The molecule has 0 heterocycles. The zero-order chi connectivity index (χ0) is 35.9. The molecule has 48 heavy (non-hydrogen) atoms. The van der Waals surface area contributed by atoms with E-state index >= 15 is 0 Å². The lowest BCUT2D eigenvalue weighted by molar-refractivity contribution is -0.0218. The van der Waals surface area contributed by atoms with Gasteiger partial charge in [0.05, 0.1) is 23.9 Å². The largest absolute Gasteiger partial charge is 0.413 e. The monoisotopic (exact) mass is 703 g/mol. The molecule has 4 aliphatic carbocycles. The van der Waals surface area contributed by atoms with E-state index in [1.54, 1.807) is 11.1 Å². The average molecular weight is 703 g/mol. The van der Waals surface area contributed by atoms with Crippen LogP contribution < -0.4 is 0 Å². The number of rotatable bonds is 13. The number of hydrogen-bond acceptors (Lipinski definition) is 4. The van der Waals surface area contributed by atoms with Crippen molar-refractivity contribution >= 4 is 16.6 Å². The molecule has 4 aliphatic rings. The predicted octanol–water partition coefficient (Wildman–Crippen LogP) is 12.0. The highest BCUT2D eigenvalue weighted by Crippen LogP contribution is 2.62. The molecule has 0 amide bonds. The fraction of sp³-hybridized carbons (Fsp3) is 0.905. The Hall–Kier alpha value is -0.246. The van der Waals surface area contributed by atoms with Gasteiger partial charge in [-0.25, -0.2) is 0 Å². The fourth-order valence-electron chi connectivity index (χ4n) is 8.94. The van der Waals surface area contributed by atoms with Gasteiger partial charge in [-0.1, -0.05) is 85.6 Å². The smallest absolute Gasteiger partial charge is 0.192 e. The Morgan fingerprint density at radius 2 is 1.40 bits per heavy atom. The molecule has 0 radical (unpaired) electrons. The van der Waals surface area contributed by atoms with E-state index in [2.05, 4.69) is 108 Å². The van der Waals surface area contributed by atoms with Gasteiger partial charge in [0.15, 0.2) is 16.6 Å². The molecule has 0 aromatic carbocycles. The highest BCUT2D eigenvalue weighted by molar-refractivity contribution is 6.74. The van der Waals surface area contributed by atoms with Gasteiger partial charge in [0.1, 0.15) is 0 Å². The van der Waals surface area contributed by atoms with Gasteiger partial charge in [0.25, 0.3) is 0 Å². The van der Waals surface area contributed by atoms with Crippen molar-refractivity contribution in [2.24, 2.45) is 29.1 Å². The van der Waals surface area contributed by atoms with Crippen molar-refractivity contribution < 1.29 is 18.7 Å². The molecule has 5 unspecified atom stereocenters. The van der Waals surface area contributed by atoms with Crippen LogP contribution in [0, 0.1) is 29.1 Å². The first-order valence-electron chi connectivity index (χ1n) is 20.2. The summed E-state index contributed by atoms with van der Waals surface area (Å²) in [5.41, 5.74) is 2.91. The quantitative estimate of drug-likeness (QED) is 0.153. The number of allylic oxidation sites excluding steroid dienone is 3. The van der Waals surface area contributed by atoms with Gasteiger partial charge in [-0.15, -0.1) is 0 Å². The van der Waals surface area contributed by atoms with Crippen molar-refractivity contribution in [3.05, 3.63) is 23.3 Å². The molecule has 6 heteroatoms. The molecule has 0 aromatic heterocycles. The minimum Gasteiger partial charge on any atom is -0.413 e. The zero-order valence-corrected chi connectivity index (χ0v) is 36.1. The zero-order valence-electron chi connectivity index (χ0n) is 34.1. The Balaban J connectivity index is 1.52. The Morgan fingerprint density at radius 1 is 0.854 bits per heavy atom. The summed E-state index contributed by atoms with van der Waals surface area (Å²) in [7, 11) is -3.86. The van der Waals surface area contributed by atoms with Gasteiger partial charge in [-0.05, 0) is 144 Å². The molecule has 1 N–H and O–H groups in total. The molecule has 0 saturated heterocycles. The third-order valence-electron chi connectivity index (χ3n) is 14.9. The van der Waals surface area contributed by atoms with E-state index < -0.39 is 22.2 Å². The van der Waals surface area contributed by atoms with Crippen molar-refractivity contribution in [2.45, 2.75) is 206 Å². The van der Waals surface area contributed by atoms with Crippen molar-refractivity contribution in [1.82, 2.24) is 0 Å². The normalized spacial score (nSPS) is 31.3. The Kier molecular flexibility index (Phi) is 12.7. The van der Waals surface area contributed by atoms with E-state index in [1.807, 2.05) is 0 Å². The Labute approximate surface area is 299 Å². The van der Waals surface area contributed by atoms with Crippen molar-refractivity contribution in [2.75, 3.05) is 6.61 Å². The van der Waals surface area contributed by atoms with Gasteiger partial charge in [-0.2, -0.15) is 0 Å². The first-order chi connectivity index (χ1) is 22.1. The molecule has 0 aliphatic heterocycles. The van der Waals surface area contributed by atoms with Crippen LogP contribution in [0.5, 0.6) is 0 Å². The van der Waals surface area contributed by atoms with E-state index in [9.17, 15) is 5.11 Å². The summed E-state index contributed by atoms with van der Waals surface area (Å²) in [5.74, 6) is 2.78. The molecule has 7 atom stereocenters. The molecule has 4 nitrogen and oxygen atoms in total. The summed E-state index contributed by atoms with van der Waals surface area (Å²) in [6.07, 6.45) is 19.1. The van der Waals surface area contributed by atoms with Crippen LogP contribution in [0.4, 0.5) is 0 Å². The minimum atomic E-state index is -1.93. The van der Waals surface area contributed by atoms with Crippen LogP contribution in [-0.2, 0) is 13.6 Å². The number of aliphatic hydroxyl groups is 1. The molecular formula is C42H78O4Si2. The molecule has 0 aromatic rings. The second-order valence-electron chi connectivity index (χ2n) is 20.0. The van der Waals surface area contributed by atoms with Crippen LogP contribution in [0.3, 0.4) is 0 Å². The standard InChI is InChI=1S/C42H78O4Si2/c1-15-41(43,16-2)24-17-27-44-31(4)34-22-23-35-33(20-18-30(3)38(34)35)21-19-32-28-36(45-47(11,12)39(5,6)7)42(25-26-42)37(29-32)46-48(13,14)40(8,9)10/h19,21,30-31,34-38,43H,15-18,20,22-29H2,1-14H3/b33-21+/t30?,31?,34?,35?,36-,37-,38?/m1/s1. The minimum absolute atomic E-state index is 0.196. The lowest BCUT2D eigenvalue weighted by Gasteiger charge is -2.49. The third kappa shape index (κ3) is 8.85. The fourth-order valence-corrected chi connectivity index (χ4v) is 11.7. The van der Waals surface area contributed by atoms with E-state index in [4.69, 9.17) is 13.6 Å². The topological polar surface area (TPSA) is 47.9 Å². The summed E-state index contributed by atoms with van der Waals surface area (Å²) in [5, 5.41) is 11.1. The Morgan fingerprint density at radius 3 is 1.88 bits per heavy atom. The molecule has 278 valence electrons. The van der Waals surface area contributed by atoms with Gasteiger partial charge >= 0.3 is 0 Å². The number of hydrogen-bond donors (Lipinski definition) is 1. The van der Waals surface area contributed by atoms with Crippen LogP contribution in [0.1, 0.15) is 146 Å². The predicted molar refractivity (Wildman–Crippen MR) is 209 cm³/mol. The van der Waals surface area contributed by atoms with Gasteiger partial charge in [-0.3, -0.25) is 0 Å². The van der Waals surface area contributed by atoms with Crippen LogP contribution in [0.15, 0.2) is 23.3 Å². The van der Waals surface area contributed by atoms with Crippen molar-refractivity contribution in [3.8, 4) is 0 Å². The van der Waals surface area contributed by atoms with E-state index in [1.165, 1.54) is 38.5 Å². The maximum atomic E-state index is 10.7. The molecule has 0 bridgehead atoms. The van der Waals surface area contributed by atoms with E-state index in [-0.39, 0.29) is 33.8 Å². The number of fused-ring (bicyclic) bond motifs is 1. The third-order valence-corrected chi connectivity index (χ3v) is 23.9. The lowest BCUT2D eigenvalue weighted by Crippen LogP contribution is -2.54. The first kappa shape index (κ1) is 40.5. The average Bonchev–Trinajstić information content (AvgIpc) is 3.65.